The number of benzene rings is 1. The average Bonchev–Trinajstić information content (AvgIpc) is 2.58. The second kappa shape index (κ2) is 10.6. The van der Waals surface area contributed by atoms with Crippen LogP contribution in [0.2, 0.25) is 0 Å². The molecule has 0 radical (unpaired) electrons. The zero-order valence-corrected chi connectivity index (χ0v) is 16.4. The number of methoxy groups -OCH3 is 1. The van der Waals surface area contributed by atoms with Crippen molar-refractivity contribution in [1.29, 1.82) is 0 Å². The maximum absolute atomic E-state index is 12.0. The van der Waals surface area contributed by atoms with Gasteiger partial charge in [0.25, 0.3) is 5.91 Å². The third-order valence-corrected chi connectivity index (χ3v) is 3.64. The van der Waals surface area contributed by atoms with Crippen molar-refractivity contribution in [2.24, 2.45) is 0 Å². The first-order chi connectivity index (χ1) is 11.9. The molecule has 0 aliphatic heterocycles. The molecule has 0 aliphatic rings. The van der Waals surface area contributed by atoms with Gasteiger partial charge in [0.05, 0.1) is 17.3 Å². The molecule has 0 aromatic heterocycles. The van der Waals surface area contributed by atoms with Gasteiger partial charge < -0.3 is 9.47 Å². The van der Waals surface area contributed by atoms with E-state index >= 15 is 0 Å². The number of ether oxygens (including phenoxy) is 2. The summed E-state index contributed by atoms with van der Waals surface area (Å²) in [5.41, 5.74) is 5.12. The summed E-state index contributed by atoms with van der Waals surface area (Å²) in [4.78, 5) is 34.6. The zero-order chi connectivity index (χ0) is 18.8. The molecule has 0 unspecified atom stereocenters. The number of hydrazine groups is 1. The van der Waals surface area contributed by atoms with E-state index in [1.165, 1.54) is 7.11 Å². The highest BCUT2D eigenvalue weighted by Gasteiger charge is 2.09. The van der Waals surface area contributed by atoms with Crippen molar-refractivity contribution in [3.63, 3.8) is 0 Å². The number of hydrogen-bond donors (Lipinski definition) is 3. The van der Waals surface area contributed by atoms with E-state index in [1.54, 1.807) is 25.1 Å². The van der Waals surface area contributed by atoms with Crippen molar-refractivity contribution < 1.29 is 23.9 Å². The van der Waals surface area contributed by atoms with Crippen LogP contribution in [0.1, 0.15) is 17.3 Å². The number of esters is 1. The Morgan fingerprint density at radius 2 is 1.96 bits per heavy atom. The van der Waals surface area contributed by atoms with Crippen LogP contribution in [-0.4, -0.2) is 36.6 Å². The Hall–Kier alpha value is -2.21. The molecule has 0 saturated heterocycles. The number of halogens is 1. The summed E-state index contributed by atoms with van der Waals surface area (Å²) in [6.07, 6.45) is 1.94. The van der Waals surface area contributed by atoms with Crippen LogP contribution in [0.5, 0.6) is 5.75 Å². The molecule has 0 heterocycles. The third-order valence-electron chi connectivity index (χ3n) is 2.60. The lowest BCUT2D eigenvalue weighted by Gasteiger charge is -2.10. The lowest BCUT2D eigenvalue weighted by Crippen LogP contribution is -2.48. The molecule has 10 heteroatoms. The van der Waals surface area contributed by atoms with Crippen molar-refractivity contribution in [2.45, 2.75) is 6.92 Å². The van der Waals surface area contributed by atoms with Crippen LogP contribution in [0.3, 0.4) is 0 Å². The molecule has 0 saturated carbocycles. The van der Waals surface area contributed by atoms with E-state index in [1.807, 2.05) is 22.6 Å². The minimum Gasteiger partial charge on any atom is -0.496 e. The number of amides is 2. The van der Waals surface area contributed by atoms with Crippen LogP contribution in [0, 0.1) is 3.57 Å². The first-order valence-electron chi connectivity index (χ1n) is 6.97. The van der Waals surface area contributed by atoms with Crippen LogP contribution in [0.4, 0.5) is 0 Å². The van der Waals surface area contributed by atoms with Crippen LogP contribution in [-0.2, 0) is 14.3 Å². The van der Waals surface area contributed by atoms with Crippen molar-refractivity contribution >= 4 is 57.7 Å². The molecule has 3 N–H and O–H groups in total. The van der Waals surface area contributed by atoms with Crippen molar-refractivity contribution in [1.82, 2.24) is 16.2 Å². The van der Waals surface area contributed by atoms with Gasteiger partial charge in [-0.1, -0.05) is 0 Å². The highest BCUT2D eigenvalue weighted by atomic mass is 127. The first-order valence-corrected chi connectivity index (χ1v) is 8.45. The van der Waals surface area contributed by atoms with E-state index in [2.05, 4.69) is 20.9 Å². The molecule has 0 aliphatic carbocycles. The Labute approximate surface area is 163 Å². The van der Waals surface area contributed by atoms with Gasteiger partial charge in [-0.3, -0.25) is 25.8 Å². The van der Waals surface area contributed by atoms with Crippen molar-refractivity contribution in [2.75, 3.05) is 13.7 Å². The molecule has 0 fully saturated rings. The normalized spacial score (nSPS) is 10.0. The van der Waals surface area contributed by atoms with Gasteiger partial charge in [0.15, 0.2) is 5.11 Å². The Bertz CT molecular complexity index is 708. The molecule has 25 heavy (non-hydrogen) atoms. The Morgan fingerprint density at radius 3 is 2.56 bits per heavy atom. The third kappa shape index (κ3) is 7.47. The fourth-order valence-electron chi connectivity index (χ4n) is 1.51. The van der Waals surface area contributed by atoms with Crippen LogP contribution in [0.25, 0.3) is 0 Å². The van der Waals surface area contributed by atoms with E-state index in [0.29, 0.717) is 11.3 Å². The predicted molar refractivity (Wildman–Crippen MR) is 103 cm³/mol. The fraction of sp³-hybridized carbons (Fsp3) is 0.200. The predicted octanol–water partition coefficient (Wildman–Crippen LogP) is 1.05. The van der Waals surface area contributed by atoms with Gasteiger partial charge in [-0.15, -0.1) is 0 Å². The van der Waals surface area contributed by atoms with E-state index in [0.717, 1.165) is 15.7 Å². The smallest absolute Gasteiger partial charge is 0.330 e. The number of carbonyl (C=O) groups is 3. The zero-order valence-electron chi connectivity index (χ0n) is 13.4. The number of carbonyl (C=O) groups excluding carboxylic acids is 3. The van der Waals surface area contributed by atoms with E-state index in [9.17, 15) is 14.4 Å². The fourth-order valence-corrected chi connectivity index (χ4v) is 2.40. The maximum atomic E-state index is 12.0. The summed E-state index contributed by atoms with van der Waals surface area (Å²) < 4.78 is 10.5. The quantitative estimate of drug-likeness (QED) is 0.192. The van der Waals surface area contributed by atoms with Crippen molar-refractivity contribution in [3.8, 4) is 5.75 Å². The highest BCUT2D eigenvalue weighted by Crippen LogP contribution is 2.21. The molecule has 0 atom stereocenters. The molecular formula is C15H16IN3O5S. The number of hydrogen-bond acceptors (Lipinski definition) is 6. The molecular weight excluding hydrogens is 461 g/mol. The molecule has 8 nitrogen and oxygen atoms in total. The van der Waals surface area contributed by atoms with Gasteiger partial charge in [-0.2, -0.15) is 0 Å². The maximum Gasteiger partial charge on any atom is 0.330 e. The van der Waals surface area contributed by atoms with Crippen LogP contribution in [0.15, 0.2) is 30.4 Å². The molecule has 134 valence electrons. The number of nitrogens with one attached hydrogen (secondary N) is 3. The minimum absolute atomic E-state index is 0.130. The average molecular weight is 477 g/mol. The molecule has 0 spiro atoms. The molecule has 1 aromatic carbocycles. The lowest BCUT2D eigenvalue weighted by molar-refractivity contribution is -0.137. The van der Waals surface area contributed by atoms with E-state index < -0.39 is 17.8 Å². The summed E-state index contributed by atoms with van der Waals surface area (Å²) in [5.74, 6) is -1.07. The lowest BCUT2D eigenvalue weighted by atomic mass is 10.2. The minimum atomic E-state index is -0.640. The molecule has 1 rings (SSSR count). The summed E-state index contributed by atoms with van der Waals surface area (Å²) in [6.45, 7) is 1.86. The Kier molecular flexibility index (Phi) is 8.84. The van der Waals surface area contributed by atoms with Gasteiger partial charge in [0.1, 0.15) is 5.75 Å². The highest BCUT2D eigenvalue weighted by molar-refractivity contribution is 14.1. The summed E-state index contributed by atoms with van der Waals surface area (Å²) >= 11 is 6.91. The standard InChI is InChI=1S/C15H16IN3O5S/c1-3-24-13(21)7-6-12(20)17-15(25)19-18-14(22)9-4-5-11(23-2)10(16)8-9/h4-8H,3H2,1-2H3,(H,18,22)(H2,17,19,20,25)/b7-6+. The SMILES string of the molecule is CCOC(=O)/C=C/C(=O)NC(=S)NNC(=O)c1ccc(OC)c(I)c1. The van der Waals surface area contributed by atoms with Crippen LogP contribution < -0.4 is 20.9 Å². The topological polar surface area (TPSA) is 106 Å². The largest absolute Gasteiger partial charge is 0.496 e. The van der Waals surface area contributed by atoms with Gasteiger partial charge in [-0.05, 0) is 59.9 Å². The molecule has 2 amide bonds. The molecule has 1 aromatic rings. The molecule has 0 bridgehead atoms. The summed E-state index contributed by atoms with van der Waals surface area (Å²) in [7, 11) is 1.54. The Balaban J connectivity index is 2.48. The van der Waals surface area contributed by atoms with E-state index in [4.69, 9.17) is 17.0 Å². The Morgan fingerprint density at radius 1 is 1.24 bits per heavy atom. The second-order valence-electron chi connectivity index (χ2n) is 4.33. The first kappa shape index (κ1) is 20.8. The number of thiocarbonyl (C=S) groups is 1. The van der Waals surface area contributed by atoms with Gasteiger partial charge in [-0.25, -0.2) is 4.79 Å². The second-order valence-corrected chi connectivity index (χ2v) is 5.90. The van der Waals surface area contributed by atoms with Gasteiger partial charge >= 0.3 is 5.97 Å². The van der Waals surface area contributed by atoms with Crippen molar-refractivity contribution in [3.05, 3.63) is 39.5 Å². The van der Waals surface area contributed by atoms with Crippen LogP contribution >= 0.6 is 34.8 Å². The van der Waals surface area contributed by atoms with Gasteiger partial charge in [0.2, 0.25) is 5.91 Å². The summed E-state index contributed by atoms with van der Waals surface area (Å²) in [6, 6.07) is 4.89. The van der Waals surface area contributed by atoms with E-state index in [-0.39, 0.29) is 11.7 Å². The number of rotatable bonds is 5. The monoisotopic (exact) mass is 477 g/mol. The summed E-state index contributed by atoms with van der Waals surface area (Å²) in [5, 5.41) is 2.13. The van der Waals surface area contributed by atoms with Gasteiger partial charge in [0, 0.05) is 17.7 Å².